The number of nitrogens with zero attached hydrogens (tertiary/aromatic N) is 4. The van der Waals surface area contributed by atoms with Crippen LogP contribution in [-0.4, -0.2) is 29.0 Å². The molecule has 94 valence electrons. The highest BCUT2D eigenvalue weighted by Crippen LogP contribution is 2.26. The first-order valence-electron chi connectivity index (χ1n) is 5.12. The van der Waals surface area contributed by atoms with Crippen molar-refractivity contribution in [1.82, 2.24) is 15.0 Å². The first-order chi connectivity index (χ1) is 8.49. The van der Waals surface area contributed by atoms with Gasteiger partial charge in [0.25, 0.3) is 0 Å². The summed E-state index contributed by atoms with van der Waals surface area (Å²) in [6.45, 7) is 0. The third kappa shape index (κ3) is 2.40. The van der Waals surface area contributed by atoms with Crippen LogP contribution in [0.5, 0.6) is 0 Å². The Morgan fingerprint density at radius 1 is 1.22 bits per heavy atom. The quantitative estimate of drug-likeness (QED) is 0.919. The van der Waals surface area contributed by atoms with Crippen molar-refractivity contribution in [2.45, 2.75) is 0 Å². The number of nitrogens with two attached hydrogens (primary N) is 1. The summed E-state index contributed by atoms with van der Waals surface area (Å²) in [6, 6.07) is 4.91. The van der Waals surface area contributed by atoms with Gasteiger partial charge < -0.3 is 10.6 Å². The number of aromatic nitrogens is 3. The second-order valence-corrected chi connectivity index (χ2v) is 4.67. The molecule has 0 aliphatic heterocycles. The summed E-state index contributed by atoms with van der Waals surface area (Å²) in [4.78, 5) is 13.8. The van der Waals surface area contributed by atoms with Crippen molar-refractivity contribution in [2.75, 3.05) is 24.7 Å². The second-order valence-electron chi connectivity index (χ2n) is 3.81. The van der Waals surface area contributed by atoms with E-state index in [9.17, 15) is 4.39 Å². The summed E-state index contributed by atoms with van der Waals surface area (Å²) in [6.07, 6.45) is 0. The third-order valence-corrected chi connectivity index (χ3v) is 2.85. The van der Waals surface area contributed by atoms with Gasteiger partial charge in [0.15, 0.2) is 5.82 Å². The Morgan fingerprint density at radius 2 is 1.94 bits per heavy atom. The summed E-state index contributed by atoms with van der Waals surface area (Å²) in [5.41, 5.74) is 5.88. The minimum absolute atomic E-state index is 0.0584. The molecular weight excluding hydrogens is 301 g/mol. The molecule has 2 aromatic rings. The van der Waals surface area contributed by atoms with E-state index in [1.54, 1.807) is 37.2 Å². The van der Waals surface area contributed by atoms with Crippen LogP contribution in [0.25, 0.3) is 11.4 Å². The predicted octanol–water partition coefficient (Wildman–Crippen LogP) is 2.09. The van der Waals surface area contributed by atoms with Crippen molar-refractivity contribution in [3.8, 4) is 11.4 Å². The number of benzene rings is 1. The van der Waals surface area contributed by atoms with Gasteiger partial charge in [-0.1, -0.05) is 6.07 Å². The molecule has 0 saturated carbocycles. The van der Waals surface area contributed by atoms with Gasteiger partial charge in [-0.2, -0.15) is 15.0 Å². The molecule has 0 aliphatic carbocycles. The molecule has 7 heteroatoms. The molecule has 0 atom stereocenters. The highest BCUT2D eigenvalue weighted by molar-refractivity contribution is 9.10. The van der Waals surface area contributed by atoms with Gasteiger partial charge in [-0.3, -0.25) is 0 Å². The van der Waals surface area contributed by atoms with E-state index in [0.717, 1.165) is 0 Å². The van der Waals surface area contributed by atoms with Crippen molar-refractivity contribution < 1.29 is 4.39 Å². The van der Waals surface area contributed by atoms with E-state index in [1.807, 2.05) is 0 Å². The van der Waals surface area contributed by atoms with Gasteiger partial charge in [-0.15, -0.1) is 0 Å². The molecule has 0 radical (unpaired) electrons. The zero-order chi connectivity index (χ0) is 13.3. The van der Waals surface area contributed by atoms with Crippen LogP contribution < -0.4 is 10.6 Å². The first-order valence-corrected chi connectivity index (χ1v) is 5.91. The molecule has 1 aromatic carbocycles. The van der Waals surface area contributed by atoms with Gasteiger partial charge in [0.05, 0.1) is 10.0 Å². The van der Waals surface area contributed by atoms with Crippen molar-refractivity contribution >= 4 is 27.8 Å². The Morgan fingerprint density at radius 3 is 2.61 bits per heavy atom. The minimum atomic E-state index is -0.423. The number of halogens is 2. The van der Waals surface area contributed by atoms with Crippen molar-refractivity contribution in [2.24, 2.45) is 0 Å². The van der Waals surface area contributed by atoms with E-state index in [-0.39, 0.29) is 17.3 Å². The van der Waals surface area contributed by atoms with Crippen LogP contribution in [0.1, 0.15) is 0 Å². The Balaban J connectivity index is 2.60. The van der Waals surface area contributed by atoms with Crippen LogP contribution in [0.3, 0.4) is 0 Å². The number of rotatable bonds is 2. The van der Waals surface area contributed by atoms with Gasteiger partial charge in [-0.05, 0) is 28.1 Å². The van der Waals surface area contributed by atoms with Crippen LogP contribution in [0.15, 0.2) is 22.7 Å². The zero-order valence-corrected chi connectivity index (χ0v) is 11.4. The predicted molar refractivity (Wildman–Crippen MR) is 71.7 cm³/mol. The van der Waals surface area contributed by atoms with E-state index < -0.39 is 5.82 Å². The summed E-state index contributed by atoms with van der Waals surface area (Å²) >= 11 is 3.12. The maximum atomic E-state index is 14.0. The summed E-state index contributed by atoms with van der Waals surface area (Å²) in [7, 11) is 3.55. The topological polar surface area (TPSA) is 67.9 Å². The number of hydrogen-bond acceptors (Lipinski definition) is 5. The molecule has 0 fully saturated rings. The second kappa shape index (κ2) is 4.85. The van der Waals surface area contributed by atoms with Crippen LogP contribution >= 0.6 is 15.9 Å². The molecule has 1 aromatic heterocycles. The first kappa shape index (κ1) is 12.7. The van der Waals surface area contributed by atoms with Gasteiger partial charge in [0.1, 0.15) is 5.82 Å². The normalized spacial score (nSPS) is 10.4. The smallest absolute Gasteiger partial charge is 0.230 e. The Bertz CT molecular complexity index is 588. The van der Waals surface area contributed by atoms with E-state index >= 15 is 0 Å². The lowest BCUT2D eigenvalue weighted by Crippen LogP contribution is -2.15. The highest BCUT2D eigenvalue weighted by Gasteiger charge is 2.13. The fourth-order valence-electron chi connectivity index (χ4n) is 1.38. The van der Waals surface area contributed by atoms with Crippen molar-refractivity contribution in [3.05, 3.63) is 28.5 Å². The number of nitrogen functional groups attached to an aromatic ring is 1. The lowest BCUT2D eigenvalue weighted by molar-refractivity contribution is 0.623. The molecule has 1 heterocycles. The molecule has 0 spiro atoms. The monoisotopic (exact) mass is 311 g/mol. The maximum absolute atomic E-state index is 14.0. The van der Waals surface area contributed by atoms with Gasteiger partial charge in [0.2, 0.25) is 11.9 Å². The Labute approximate surface area is 112 Å². The maximum Gasteiger partial charge on any atom is 0.230 e. The largest absolute Gasteiger partial charge is 0.368 e. The van der Waals surface area contributed by atoms with Crippen molar-refractivity contribution in [3.63, 3.8) is 0 Å². The molecule has 2 N–H and O–H groups in total. The molecule has 5 nitrogen and oxygen atoms in total. The minimum Gasteiger partial charge on any atom is -0.368 e. The van der Waals surface area contributed by atoms with Crippen LogP contribution in [0, 0.1) is 5.82 Å². The van der Waals surface area contributed by atoms with Crippen LogP contribution in [0.4, 0.5) is 16.3 Å². The molecule has 2 rings (SSSR count). The SMILES string of the molecule is CN(C)c1nc(N)nc(-c2cccc(Br)c2F)n1. The van der Waals surface area contributed by atoms with Crippen LogP contribution in [-0.2, 0) is 0 Å². The van der Waals surface area contributed by atoms with Crippen LogP contribution in [0.2, 0.25) is 0 Å². The molecule has 0 amide bonds. The number of anilines is 2. The standard InChI is InChI=1S/C11H11BrFN5/c1-18(2)11-16-9(15-10(14)17-11)6-4-3-5-7(12)8(6)13/h3-5H,1-2H3,(H2,14,15,16,17). The zero-order valence-electron chi connectivity index (χ0n) is 9.85. The average Bonchev–Trinajstić information content (AvgIpc) is 2.31. The van der Waals surface area contributed by atoms with Gasteiger partial charge >= 0.3 is 0 Å². The number of hydrogen-bond donors (Lipinski definition) is 1. The fraction of sp³-hybridized carbons (Fsp3) is 0.182. The molecule has 0 unspecified atom stereocenters. The summed E-state index contributed by atoms with van der Waals surface area (Å²) in [5, 5.41) is 0. The molecular formula is C11H11BrFN5. The summed E-state index contributed by atoms with van der Waals surface area (Å²) < 4.78 is 14.3. The van der Waals surface area contributed by atoms with Crippen molar-refractivity contribution in [1.29, 1.82) is 0 Å². The molecule has 0 bridgehead atoms. The average molecular weight is 312 g/mol. The summed E-state index contributed by atoms with van der Waals surface area (Å²) in [5.74, 6) is 0.234. The highest BCUT2D eigenvalue weighted by atomic mass is 79.9. The lowest BCUT2D eigenvalue weighted by Gasteiger charge is -2.11. The molecule has 18 heavy (non-hydrogen) atoms. The Hall–Kier alpha value is -1.76. The van der Waals surface area contributed by atoms with E-state index in [4.69, 9.17) is 5.73 Å². The fourth-order valence-corrected chi connectivity index (χ4v) is 1.74. The lowest BCUT2D eigenvalue weighted by atomic mass is 10.2. The Kier molecular flexibility index (Phi) is 3.42. The van der Waals surface area contributed by atoms with Gasteiger partial charge in [0, 0.05) is 14.1 Å². The van der Waals surface area contributed by atoms with E-state index in [2.05, 4.69) is 30.9 Å². The van der Waals surface area contributed by atoms with E-state index in [1.165, 1.54) is 0 Å². The molecule has 0 saturated heterocycles. The molecule has 0 aliphatic rings. The van der Waals surface area contributed by atoms with Gasteiger partial charge in [-0.25, -0.2) is 4.39 Å². The third-order valence-electron chi connectivity index (χ3n) is 2.23. The van der Waals surface area contributed by atoms with E-state index in [0.29, 0.717) is 10.4 Å².